The van der Waals surface area contributed by atoms with Gasteiger partial charge in [-0.05, 0) is 36.8 Å². The molecule has 0 amide bonds. The first kappa shape index (κ1) is 15.0. The molecule has 0 aliphatic carbocycles. The summed E-state index contributed by atoms with van der Waals surface area (Å²) >= 11 is 0. The summed E-state index contributed by atoms with van der Waals surface area (Å²) in [4.78, 5) is 3.84. The molecule has 0 aliphatic heterocycles. The molecule has 2 aromatic rings. The molecule has 0 aliphatic rings. The number of nitrogens with zero attached hydrogens (tertiary/aromatic N) is 1. The quantitative estimate of drug-likeness (QED) is 0.460. The molecule has 1 heterocycles. The molecule has 112 valence electrons. The lowest BCUT2D eigenvalue weighted by atomic mass is 10.2. The van der Waals surface area contributed by atoms with Crippen LogP contribution in [0.5, 0.6) is 0 Å². The van der Waals surface area contributed by atoms with Crippen molar-refractivity contribution in [2.24, 2.45) is 5.84 Å². The van der Waals surface area contributed by atoms with Crippen molar-refractivity contribution in [3.63, 3.8) is 0 Å². The van der Waals surface area contributed by atoms with Crippen LogP contribution in [0.2, 0.25) is 0 Å². The van der Waals surface area contributed by atoms with Gasteiger partial charge in [0.25, 0.3) is 0 Å². The predicted molar refractivity (Wildman–Crippen MR) is 71.5 cm³/mol. The summed E-state index contributed by atoms with van der Waals surface area (Å²) in [6, 6.07) is 5.82. The van der Waals surface area contributed by atoms with E-state index < -0.39 is 17.6 Å². The Hall–Kier alpha value is -2.35. The lowest BCUT2D eigenvalue weighted by molar-refractivity contribution is -0.137. The smallest absolute Gasteiger partial charge is 0.340 e. The molecule has 1 aromatic carbocycles. The molecule has 0 saturated heterocycles. The van der Waals surface area contributed by atoms with Crippen LogP contribution in [0, 0.1) is 12.7 Å². The zero-order chi connectivity index (χ0) is 15.6. The van der Waals surface area contributed by atoms with Gasteiger partial charge in [-0.2, -0.15) is 13.2 Å². The summed E-state index contributed by atoms with van der Waals surface area (Å²) in [5, 5.41) is 2.61. The van der Waals surface area contributed by atoms with E-state index in [2.05, 4.69) is 15.7 Å². The standard InChI is InChI=1S/C13H12F4N4/c1-7-2-3-9(6-10(7)14)19-11-4-8(13(15,16)17)5-12(20-11)21-18/h2-6H,18H2,1H3,(H2,19,20,21). The average molecular weight is 300 g/mol. The molecule has 0 saturated carbocycles. The molecule has 1 aromatic heterocycles. The highest BCUT2D eigenvalue weighted by molar-refractivity contribution is 5.60. The molecule has 0 unspecified atom stereocenters. The van der Waals surface area contributed by atoms with E-state index in [1.807, 2.05) is 0 Å². The molecule has 4 N–H and O–H groups in total. The number of benzene rings is 1. The van der Waals surface area contributed by atoms with Gasteiger partial charge in [0.1, 0.15) is 17.5 Å². The number of anilines is 3. The molecule has 0 radical (unpaired) electrons. The second-order valence-electron chi connectivity index (χ2n) is 4.36. The fourth-order valence-electron chi connectivity index (χ4n) is 1.65. The highest BCUT2D eigenvalue weighted by atomic mass is 19.4. The number of halogens is 4. The number of hydrogen-bond acceptors (Lipinski definition) is 4. The number of nitrogen functional groups attached to an aromatic ring is 1. The minimum atomic E-state index is -4.54. The summed E-state index contributed by atoms with van der Waals surface area (Å²) in [7, 11) is 0. The minimum Gasteiger partial charge on any atom is -0.340 e. The van der Waals surface area contributed by atoms with E-state index >= 15 is 0 Å². The fraction of sp³-hybridized carbons (Fsp3) is 0.154. The van der Waals surface area contributed by atoms with E-state index in [1.165, 1.54) is 18.2 Å². The minimum absolute atomic E-state index is 0.0963. The molecule has 0 atom stereocenters. The zero-order valence-corrected chi connectivity index (χ0v) is 10.9. The Kier molecular flexibility index (Phi) is 3.99. The number of hydrazine groups is 1. The largest absolute Gasteiger partial charge is 0.416 e. The molecule has 4 nitrogen and oxygen atoms in total. The number of nitrogens with one attached hydrogen (secondary N) is 2. The van der Waals surface area contributed by atoms with Gasteiger partial charge >= 0.3 is 6.18 Å². The number of aromatic nitrogens is 1. The summed E-state index contributed by atoms with van der Waals surface area (Å²) in [6.07, 6.45) is -4.54. The Balaban J connectivity index is 2.36. The Morgan fingerprint density at radius 1 is 1.10 bits per heavy atom. The van der Waals surface area contributed by atoms with Gasteiger partial charge in [-0.25, -0.2) is 15.2 Å². The van der Waals surface area contributed by atoms with Crippen molar-refractivity contribution < 1.29 is 17.6 Å². The van der Waals surface area contributed by atoms with E-state index in [9.17, 15) is 17.6 Å². The van der Waals surface area contributed by atoms with Gasteiger partial charge in [-0.1, -0.05) is 6.07 Å². The first-order valence-corrected chi connectivity index (χ1v) is 5.88. The van der Waals surface area contributed by atoms with Gasteiger partial charge in [0.2, 0.25) is 0 Å². The highest BCUT2D eigenvalue weighted by Gasteiger charge is 2.31. The Morgan fingerprint density at radius 3 is 2.33 bits per heavy atom. The van der Waals surface area contributed by atoms with Crippen LogP contribution in [0.15, 0.2) is 30.3 Å². The summed E-state index contributed by atoms with van der Waals surface area (Å²) in [5.41, 5.74) is 1.86. The first-order valence-electron chi connectivity index (χ1n) is 5.88. The number of nitrogens with two attached hydrogens (primary N) is 1. The molecule has 0 spiro atoms. The third-order valence-corrected chi connectivity index (χ3v) is 2.74. The van der Waals surface area contributed by atoms with Crippen molar-refractivity contribution in [1.29, 1.82) is 0 Å². The van der Waals surface area contributed by atoms with E-state index in [4.69, 9.17) is 5.84 Å². The van der Waals surface area contributed by atoms with Gasteiger partial charge in [0.05, 0.1) is 5.56 Å². The van der Waals surface area contributed by atoms with Crippen molar-refractivity contribution in [2.45, 2.75) is 13.1 Å². The van der Waals surface area contributed by atoms with E-state index in [-0.39, 0.29) is 17.3 Å². The van der Waals surface area contributed by atoms with Crippen molar-refractivity contribution in [3.8, 4) is 0 Å². The van der Waals surface area contributed by atoms with Crippen molar-refractivity contribution >= 4 is 17.3 Å². The summed E-state index contributed by atoms with van der Waals surface area (Å²) < 4.78 is 51.7. The zero-order valence-electron chi connectivity index (χ0n) is 10.9. The van der Waals surface area contributed by atoms with Crippen molar-refractivity contribution in [3.05, 3.63) is 47.3 Å². The van der Waals surface area contributed by atoms with Crippen LogP contribution in [0.1, 0.15) is 11.1 Å². The lowest BCUT2D eigenvalue weighted by Crippen LogP contribution is -2.13. The molecular weight excluding hydrogens is 288 g/mol. The molecule has 2 rings (SSSR count). The van der Waals surface area contributed by atoms with Crippen molar-refractivity contribution in [1.82, 2.24) is 4.98 Å². The number of aryl methyl sites for hydroxylation is 1. The number of hydrogen-bond donors (Lipinski definition) is 3. The third kappa shape index (κ3) is 3.60. The van der Waals surface area contributed by atoms with Crippen LogP contribution in [-0.4, -0.2) is 4.98 Å². The van der Waals surface area contributed by atoms with Crippen LogP contribution in [0.3, 0.4) is 0 Å². The van der Waals surface area contributed by atoms with Crippen molar-refractivity contribution in [2.75, 3.05) is 10.7 Å². The molecular formula is C13H12F4N4. The normalized spacial score (nSPS) is 11.3. The Bertz CT molecular complexity index is 655. The topological polar surface area (TPSA) is 63.0 Å². The average Bonchev–Trinajstić information content (AvgIpc) is 2.41. The number of rotatable bonds is 3. The first-order chi connectivity index (χ1) is 9.79. The molecule has 8 heteroatoms. The van der Waals surface area contributed by atoms with E-state index in [0.29, 0.717) is 5.56 Å². The maximum absolute atomic E-state index is 13.4. The maximum atomic E-state index is 13.4. The van der Waals surface area contributed by atoms with Crippen LogP contribution in [0.4, 0.5) is 34.9 Å². The maximum Gasteiger partial charge on any atom is 0.416 e. The SMILES string of the molecule is Cc1ccc(Nc2cc(C(F)(F)F)cc(NN)n2)cc1F. The molecule has 21 heavy (non-hydrogen) atoms. The summed E-state index contributed by atoms with van der Waals surface area (Å²) in [6.45, 7) is 1.58. The van der Waals surface area contributed by atoms with E-state index in [0.717, 1.165) is 12.1 Å². The molecule has 0 fully saturated rings. The van der Waals surface area contributed by atoms with Crippen LogP contribution in [-0.2, 0) is 6.18 Å². The Morgan fingerprint density at radius 2 is 1.76 bits per heavy atom. The highest BCUT2D eigenvalue weighted by Crippen LogP contribution is 2.32. The van der Waals surface area contributed by atoms with Crippen LogP contribution < -0.4 is 16.6 Å². The van der Waals surface area contributed by atoms with Gasteiger partial charge in [-0.3, -0.25) is 0 Å². The van der Waals surface area contributed by atoms with Gasteiger partial charge in [0.15, 0.2) is 0 Å². The predicted octanol–water partition coefficient (Wildman–Crippen LogP) is 3.58. The second-order valence-corrected chi connectivity index (χ2v) is 4.36. The monoisotopic (exact) mass is 300 g/mol. The fourth-order valence-corrected chi connectivity index (χ4v) is 1.65. The lowest BCUT2D eigenvalue weighted by Gasteiger charge is -2.12. The number of alkyl halides is 3. The van der Waals surface area contributed by atoms with E-state index in [1.54, 1.807) is 6.92 Å². The van der Waals surface area contributed by atoms with Crippen LogP contribution >= 0.6 is 0 Å². The summed E-state index contributed by atoms with van der Waals surface area (Å²) in [5.74, 6) is 4.38. The van der Waals surface area contributed by atoms with Gasteiger partial charge in [-0.15, -0.1) is 0 Å². The second kappa shape index (κ2) is 5.57. The molecule has 0 bridgehead atoms. The Labute approximate surface area is 118 Å². The van der Waals surface area contributed by atoms with Crippen LogP contribution in [0.25, 0.3) is 0 Å². The van der Waals surface area contributed by atoms with Gasteiger partial charge < -0.3 is 10.7 Å². The van der Waals surface area contributed by atoms with Gasteiger partial charge in [0, 0.05) is 5.69 Å². The third-order valence-electron chi connectivity index (χ3n) is 2.74. The number of pyridine rings is 1.